The van der Waals surface area contributed by atoms with E-state index in [4.69, 9.17) is 14.2 Å². The average molecular weight is 356 g/mol. The second-order valence-corrected chi connectivity index (χ2v) is 6.01. The van der Waals surface area contributed by atoms with E-state index in [0.29, 0.717) is 37.7 Å². The molecule has 6 nitrogen and oxygen atoms in total. The van der Waals surface area contributed by atoms with Crippen molar-refractivity contribution < 1.29 is 19.0 Å². The van der Waals surface area contributed by atoms with Crippen LogP contribution in [0.5, 0.6) is 17.2 Å². The smallest absolute Gasteiger partial charge is 0.225 e. The number of carbonyl (C=O) groups excluding carboxylic acids is 1. The Morgan fingerprint density at radius 3 is 2.77 bits per heavy atom. The molecule has 0 radical (unpaired) electrons. The van der Waals surface area contributed by atoms with Crippen LogP contribution in [0.3, 0.4) is 0 Å². The molecule has 3 rings (SSSR count). The Kier molecular flexibility index (Phi) is 6.33. The fourth-order valence-corrected chi connectivity index (χ4v) is 2.73. The first-order valence-electron chi connectivity index (χ1n) is 8.78. The Bertz CT molecular complexity index is 748. The summed E-state index contributed by atoms with van der Waals surface area (Å²) in [4.78, 5) is 12.1. The van der Waals surface area contributed by atoms with Crippen molar-refractivity contribution in [3.63, 3.8) is 0 Å². The summed E-state index contributed by atoms with van der Waals surface area (Å²) in [5, 5.41) is 6.18. The van der Waals surface area contributed by atoms with Crippen LogP contribution in [0.4, 0.5) is 5.69 Å². The van der Waals surface area contributed by atoms with E-state index in [9.17, 15) is 4.79 Å². The predicted molar refractivity (Wildman–Crippen MR) is 100 cm³/mol. The molecule has 6 heteroatoms. The highest BCUT2D eigenvalue weighted by atomic mass is 16.6. The van der Waals surface area contributed by atoms with Gasteiger partial charge in [0.15, 0.2) is 11.5 Å². The summed E-state index contributed by atoms with van der Waals surface area (Å²) < 4.78 is 16.2. The maximum absolute atomic E-state index is 12.1. The van der Waals surface area contributed by atoms with Crippen molar-refractivity contribution in [1.82, 2.24) is 5.32 Å². The van der Waals surface area contributed by atoms with Gasteiger partial charge in [0.05, 0.1) is 7.11 Å². The van der Waals surface area contributed by atoms with E-state index in [1.807, 2.05) is 30.3 Å². The first kappa shape index (κ1) is 18.1. The molecule has 0 aromatic heterocycles. The molecular weight excluding hydrogens is 332 g/mol. The zero-order valence-electron chi connectivity index (χ0n) is 14.9. The van der Waals surface area contributed by atoms with Gasteiger partial charge in [-0.25, -0.2) is 0 Å². The lowest BCUT2D eigenvalue weighted by Gasteiger charge is -2.19. The third kappa shape index (κ3) is 5.13. The van der Waals surface area contributed by atoms with Gasteiger partial charge in [0, 0.05) is 24.7 Å². The summed E-state index contributed by atoms with van der Waals surface area (Å²) >= 11 is 0. The number of methoxy groups -OCH3 is 1. The number of ether oxygens (including phenoxy) is 3. The second-order valence-electron chi connectivity index (χ2n) is 6.01. The minimum absolute atomic E-state index is 0.0319. The summed E-state index contributed by atoms with van der Waals surface area (Å²) in [7, 11) is 1.66. The first-order valence-corrected chi connectivity index (χ1v) is 8.78. The van der Waals surface area contributed by atoms with Gasteiger partial charge in [-0.1, -0.05) is 12.1 Å². The first-order chi connectivity index (χ1) is 12.7. The lowest BCUT2D eigenvalue weighted by atomic mass is 10.1. The number of rotatable bonds is 8. The van der Waals surface area contributed by atoms with E-state index in [2.05, 4.69) is 16.7 Å². The Labute approximate surface area is 153 Å². The van der Waals surface area contributed by atoms with Crippen molar-refractivity contribution in [2.45, 2.75) is 12.8 Å². The molecule has 0 aliphatic carbocycles. The molecule has 0 atom stereocenters. The average Bonchev–Trinajstić information content (AvgIpc) is 2.68. The minimum atomic E-state index is -0.0319. The van der Waals surface area contributed by atoms with Gasteiger partial charge < -0.3 is 24.8 Å². The van der Waals surface area contributed by atoms with Crippen LogP contribution < -0.4 is 24.8 Å². The summed E-state index contributed by atoms with van der Waals surface area (Å²) in [6, 6.07) is 13.4. The molecule has 1 heterocycles. The van der Waals surface area contributed by atoms with Crippen LogP contribution in [0, 0.1) is 0 Å². The third-order valence-electron chi connectivity index (χ3n) is 4.08. The Hall–Kier alpha value is -2.73. The normalized spacial score (nSPS) is 12.5. The summed E-state index contributed by atoms with van der Waals surface area (Å²) in [5.41, 5.74) is 1.92. The zero-order valence-corrected chi connectivity index (χ0v) is 14.9. The lowest BCUT2D eigenvalue weighted by Crippen LogP contribution is -2.23. The maximum atomic E-state index is 12.1. The van der Waals surface area contributed by atoms with Crippen LogP contribution in [0.25, 0.3) is 0 Å². The van der Waals surface area contributed by atoms with Crippen molar-refractivity contribution in [2.24, 2.45) is 0 Å². The van der Waals surface area contributed by atoms with Gasteiger partial charge in [0.25, 0.3) is 0 Å². The number of benzene rings is 2. The highest BCUT2D eigenvalue weighted by Gasteiger charge is 2.12. The monoisotopic (exact) mass is 356 g/mol. The largest absolute Gasteiger partial charge is 0.497 e. The van der Waals surface area contributed by atoms with E-state index in [1.165, 1.54) is 5.56 Å². The van der Waals surface area contributed by atoms with Crippen LogP contribution in [0.1, 0.15) is 12.0 Å². The van der Waals surface area contributed by atoms with Crippen molar-refractivity contribution >= 4 is 11.6 Å². The van der Waals surface area contributed by atoms with Crippen molar-refractivity contribution in [1.29, 1.82) is 0 Å². The topological polar surface area (TPSA) is 68.8 Å². The van der Waals surface area contributed by atoms with Crippen LogP contribution in [0.2, 0.25) is 0 Å². The Balaban J connectivity index is 1.36. The van der Waals surface area contributed by atoms with Crippen molar-refractivity contribution in [2.75, 3.05) is 38.7 Å². The molecule has 138 valence electrons. The molecule has 2 aromatic rings. The van der Waals surface area contributed by atoms with E-state index >= 15 is 0 Å². The maximum Gasteiger partial charge on any atom is 0.225 e. The number of hydrogen-bond donors (Lipinski definition) is 2. The number of fused-ring (bicyclic) bond motifs is 1. The quantitative estimate of drug-likeness (QED) is 0.712. The molecule has 1 aliphatic heterocycles. The molecule has 26 heavy (non-hydrogen) atoms. The lowest BCUT2D eigenvalue weighted by molar-refractivity contribution is -0.116. The third-order valence-corrected chi connectivity index (χ3v) is 4.08. The molecule has 0 unspecified atom stereocenters. The summed E-state index contributed by atoms with van der Waals surface area (Å²) in [6.45, 7) is 2.52. The highest BCUT2D eigenvalue weighted by Crippen LogP contribution is 2.32. The number of anilines is 1. The SMILES string of the molecule is COc1cccc(CCNCCC(=O)Nc2ccc3c(c2)OCCO3)c1. The van der Waals surface area contributed by atoms with Crippen molar-refractivity contribution in [3.8, 4) is 17.2 Å². The van der Waals surface area contributed by atoms with E-state index < -0.39 is 0 Å². The summed E-state index contributed by atoms with van der Waals surface area (Å²) in [6.07, 6.45) is 1.30. The molecule has 2 aromatic carbocycles. The van der Waals surface area contributed by atoms with Crippen LogP contribution in [0.15, 0.2) is 42.5 Å². The van der Waals surface area contributed by atoms with Gasteiger partial charge >= 0.3 is 0 Å². The standard InChI is InChI=1S/C20H24N2O4/c1-24-17-4-2-3-15(13-17)7-9-21-10-8-20(23)22-16-5-6-18-19(14-16)26-12-11-25-18/h2-6,13-14,21H,7-12H2,1H3,(H,22,23). The van der Waals surface area contributed by atoms with E-state index in [-0.39, 0.29) is 5.91 Å². The molecule has 0 bridgehead atoms. The van der Waals surface area contributed by atoms with Gasteiger partial charge in [0.2, 0.25) is 5.91 Å². The summed E-state index contributed by atoms with van der Waals surface area (Å²) in [5.74, 6) is 2.22. The van der Waals surface area contributed by atoms with E-state index in [1.54, 1.807) is 13.2 Å². The van der Waals surface area contributed by atoms with Crippen LogP contribution in [-0.4, -0.2) is 39.3 Å². The minimum Gasteiger partial charge on any atom is -0.497 e. The second kappa shape index (κ2) is 9.10. The Morgan fingerprint density at radius 2 is 1.92 bits per heavy atom. The number of carbonyl (C=O) groups is 1. The molecule has 0 fully saturated rings. The van der Waals surface area contributed by atoms with Crippen LogP contribution in [-0.2, 0) is 11.2 Å². The Morgan fingerprint density at radius 1 is 1.08 bits per heavy atom. The molecular formula is C20H24N2O4. The van der Waals surface area contributed by atoms with Crippen molar-refractivity contribution in [3.05, 3.63) is 48.0 Å². The number of amides is 1. The van der Waals surface area contributed by atoms with Gasteiger partial charge in [-0.3, -0.25) is 4.79 Å². The molecule has 1 aliphatic rings. The fourth-order valence-electron chi connectivity index (χ4n) is 2.73. The molecule has 2 N–H and O–H groups in total. The molecule has 0 spiro atoms. The zero-order chi connectivity index (χ0) is 18.2. The molecule has 0 saturated carbocycles. The number of hydrogen-bond acceptors (Lipinski definition) is 5. The van der Waals surface area contributed by atoms with Gasteiger partial charge in [-0.15, -0.1) is 0 Å². The van der Waals surface area contributed by atoms with Gasteiger partial charge in [0.1, 0.15) is 19.0 Å². The van der Waals surface area contributed by atoms with E-state index in [0.717, 1.165) is 24.4 Å². The molecule has 0 saturated heterocycles. The highest BCUT2D eigenvalue weighted by molar-refractivity contribution is 5.91. The fraction of sp³-hybridized carbons (Fsp3) is 0.350. The number of nitrogens with one attached hydrogen (secondary N) is 2. The van der Waals surface area contributed by atoms with Gasteiger partial charge in [-0.05, 0) is 42.8 Å². The van der Waals surface area contributed by atoms with Gasteiger partial charge in [-0.2, -0.15) is 0 Å². The molecule has 1 amide bonds. The van der Waals surface area contributed by atoms with Crippen LogP contribution >= 0.6 is 0 Å². The predicted octanol–water partition coefficient (Wildman–Crippen LogP) is 2.63.